The molecular formula is C23H32IN5O. The molecule has 162 valence electrons. The Morgan fingerprint density at radius 2 is 1.87 bits per heavy atom. The second kappa shape index (κ2) is 11.9. The number of para-hydroxylation sites is 1. The molecule has 0 aromatic heterocycles. The average molecular weight is 521 g/mol. The smallest absolute Gasteiger partial charge is 0.225 e. The van der Waals surface area contributed by atoms with Gasteiger partial charge in [0, 0.05) is 50.7 Å². The maximum Gasteiger partial charge on any atom is 0.225 e. The van der Waals surface area contributed by atoms with Crippen LogP contribution in [0.4, 0.5) is 5.69 Å². The minimum atomic E-state index is 0. The van der Waals surface area contributed by atoms with Crippen molar-refractivity contribution in [1.82, 2.24) is 15.5 Å². The number of nitrogens with one attached hydrogen (secondary N) is 3. The highest BCUT2D eigenvalue weighted by Crippen LogP contribution is 2.31. The predicted octanol–water partition coefficient (Wildman–Crippen LogP) is 3.42. The highest BCUT2D eigenvalue weighted by Gasteiger charge is 2.24. The van der Waals surface area contributed by atoms with Gasteiger partial charge in [0.15, 0.2) is 5.96 Å². The molecule has 0 saturated heterocycles. The number of aliphatic imine (C=N–C) groups is 1. The fourth-order valence-corrected chi connectivity index (χ4v) is 3.55. The largest absolute Gasteiger partial charge is 0.356 e. The Morgan fingerprint density at radius 1 is 1.17 bits per heavy atom. The van der Waals surface area contributed by atoms with Crippen molar-refractivity contribution in [3.63, 3.8) is 0 Å². The van der Waals surface area contributed by atoms with Gasteiger partial charge in [0.25, 0.3) is 0 Å². The number of anilines is 1. The molecule has 1 heterocycles. The van der Waals surface area contributed by atoms with Crippen LogP contribution in [0, 0.1) is 0 Å². The van der Waals surface area contributed by atoms with Crippen LogP contribution in [0.15, 0.2) is 59.6 Å². The third-order valence-corrected chi connectivity index (χ3v) is 5.44. The fourth-order valence-electron chi connectivity index (χ4n) is 3.55. The minimum Gasteiger partial charge on any atom is -0.356 e. The number of likely N-dealkylation sites (N-methyl/N-ethyl adjacent to an activating group) is 1. The third kappa shape index (κ3) is 6.70. The van der Waals surface area contributed by atoms with Crippen molar-refractivity contribution in [2.24, 2.45) is 4.99 Å². The first kappa shape index (κ1) is 24.1. The molecule has 1 aliphatic rings. The Morgan fingerprint density at radius 3 is 2.60 bits per heavy atom. The Hall–Kier alpha value is -2.13. The molecule has 0 bridgehead atoms. The van der Waals surface area contributed by atoms with Gasteiger partial charge in [-0.25, -0.2) is 0 Å². The lowest BCUT2D eigenvalue weighted by Crippen LogP contribution is -2.46. The lowest BCUT2D eigenvalue weighted by Gasteiger charge is -2.28. The van der Waals surface area contributed by atoms with Gasteiger partial charge in [0.2, 0.25) is 5.91 Å². The molecule has 2 aromatic carbocycles. The van der Waals surface area contributed by atoms with Crippen LogP contribution in [0.5, 0.6) is 0 Å². The summed E-state index contributed by atoms with van der Waals surface area (Å²) in [7, 11) is 3.91. The van der Waals surface area contributed by atoms with E-state index in [-0.39, 0.29) is 35.8 Å². The van der Waals surface area contributed by atoms with Crippen LogP contribution < -0.4 is 16.0 Å². The van der Waals surface area contributed by atoms with E-state index < -0.39 is 0 Å². The first-order valence-electron chi connectivity index (χ1n) is 10.1. The Bertz CT molecular complexity index is 842. The van der Waals surface area contributed by atoms with E-state index in [1.54, 1.807) is 7.05 Å². The number of amides is 1. The SMILES string of the molecule is CN=C(NCC1CC(=O)Nc2ccccc21)NCC(C)N(C)Cc1ccccc1.I. The van der Waals surface area contributed by atoms with Gasteiger partial charge in [0.05, 0.1) is 0 Å². The van der Waals surface area contributed by atoms with Crippen LogP contribution in [0.1, 0.15) is 30.4 Å². The molecule has 2 unspecified atom stereocenters. The molecule has 7 heteroatoms. The van der Waals surface area contributed by atoms with E-state index in [2.05, 4.69) is 70.1 Å². The van der Waals surface area contributed by atoms with Gasteiger partial charge in [-0.05, 0) is 31.2 Å². The van der Waals surface area contributed by atoms with Gasteiger partial charge in [-0.15, -0.1) is 24.0 Å². The first-order chi connectivity index (χ1) is 14.1. The van der Waals surface area contributed by atoms with Crippen LogP contribution >= 0.6 is 24.0 Å². The Kier molecular flexibility index (Phi) is 9.58. The fraction of sp³-hybridized carbons (Fsp3) is 0.391. The summed E-state index contributed by atoms with van der Waals surface area (Å²) in [4.78, 5) is 18.7. The van der Waals surface area contributed by atoms with E-state index >= 15 is 0 Å². The number of rotatable bonds is 7. The van der Waals surface area contributed by atoms with Crippen molar-refractivity contribution >= 4 is 41.5 Å². The number of carbonyl (C=O) groups excluding carboxylic acids is 1. The van der Waals surface area contributed by atoms with Crippen LogP contribution in [0.2, 0.25) is 0 Å². The minimum absolute atomic E-state index is 0. The van der Waals surface area contributed by atoms with Gasteiger partial charge < -0.3 is 16.0 Å². The van der Waals surface area contributed by atoms with Gasteiger partial charge >= 0.3 is 0 Å². The van der Waals surface area contributed by atoms with Crippen molar-refractivity contribution in [2.45, 2.75) is 31.8 Å². The van der Waals surface area contributed by atoms with Crippen molar-refractivity contribution in [3.05, 3.63) is 65.7 Å². The number of carbonyl (C=O) groups is 1. The van der Waals surface area contributed by atoms with E-state index in [1.165, 1.54) is 11.1 Å². The van der Waals surface area contributed by atoms with Crippen LogP contribution in [-0.2, 0) is 11.3 Å². The van der Waals surface area contributed by atoms with E-state index in [0.29, 0.717) is 19.0 Å². The zero-order valence-corrected chi connectivity index (χ0v) is 20.2. The maximum atomic E-state index is 12.0. The Labute approximate surface area is 196 Å². The zero-order chi connectivity index (χ0) is 20.6. The van der Waals surface area contributed by atoms with Crippen molar-refractivity contribution < 1.29 is 4.79 Å². The molecule has 0 spiro atoms. The quantitative estimate of drug-likeness (QED) is 0.297. The van der Waals surface area contributed by atoms with Crippen LogP contribution in [0.25, 0.3) is 0 Å². The molecule has 0 radical (unpaired) electrons. The van der Waals surface area contributed by atoms with E-state index in [4.69, 9.17) is 0 Å². The van der Waals surface area contributed by atoms with Gasteiger partial charge in [0.1, 0.15) is 0 Å². The molecule has 2 atom stereocenters. The van der Waals surface area contributed by atoms with Crippen molar-refractivity contribution in [1.29, 1.82) is 0 Å². The molecular weight excluding hydrogens is 489 g/mol. The topological polar surface area (TPSA) is 68.8 Å². The molecule has 1 aliphatic heterocycles. The number of benzene rings is 2. The summed E-state index contributed by atoms with van der Waals surface area (Å²) in [6.07, 6.45) is 0.483. The standard InChI is InChI=1S/C23H31N5O.HI/c1-17(28(3)16-18-9-5-4-6-10-18)14-25-23(24-2)26-15-19-13-22(29)27-21-12-8-7-11-20(19)21;/h4-12,17,19H,13-16H2,1-3H3,(H,27,29)(H2,24,25,26);1H. The van der Waals surface area contributed by atoms with Gasteiger partial charge in [-0.2, -0.15) is 0 Å². The van der Waals surface area contributed by atoms with E-state index in [9.17, 15) is 4.79 Å². The summed E-state index contributed by atoms with van der Waals surface area (Å²) in [6, 6.07) is 18.8. The molecule has 0 saturated carbocycles. The molecule has 0 fully saturated rings. The molecule has 1 amide bonds. The van der Waals surface area contributed by atoms with E-state index in [1.807, 2.05) is 24.3 Å². The van der Waals surface area contributed by atoms with Crippen molar-refractivity contribution in [2.75, 3.05) is 32.5 Å². The Balaban J connectivity index is 0.00000320. The van der Waals surface area contributed by atoms with Gasteiger partial charge in [-0.3, -0.25) is 14.7 Å². The number of fused-ring (bicyclic) bond motifs is 1. The highest BCUT2D eigenvalue weighted by molar-refractivity contribution is 14.0. The summed E-state index contributed by atoms with van der Waals surface area (Å²) in [5.74, 6) is 0.958. The average Bonchev–Trinajstić information content (AvgIpc) is 2.74. The summed E-state index contributed by atoms with van der Waals surface area (Å²) >= 11 is 0. The number of nitrogens with zero attached hydrogens (tertiary/aromatic N) is 2. The summed E-state index contributed by atoms with van der Waals surface area (Å²) in [5.41, 5.74) is 3.39. The second-order valence-electron chi connectivity index (χ2n) is 7.62. The molecule has 3 N–H and O–H groups in total. The molecule has 30 heavy (non-hydrogen) atoms. The van der Waals surface area contributed by atoms with Crippen LogP contribution in [-0.4, -0.2) is 50.0 Å². The number of hydrogen-bond acceptors (Lipinski definition) is 3. The number of guanidine groups is 1. The first-order valence-corrected chi connectivity index (χ1v) is 10.1. The highest BCUT2D eigenvalue weighted by atomic mass is 127. The lowest BCUT2D eigenvalue weighted by atomic mass is 9.90. The number of hydrogen-bond donors (Lipinski definition) is 3. The molecule has 2 aromatic rings. The monoisotopic (exact) mass is 521 g/mol. The summed E-state index contributed by atoms with van der Waals surface area (Å²) in [5, 5.41) is 9.74. The van der Waals surface area contributed by atoms with E-state index in [0.717, 1.165) is 24.7 Å². The molecule has 6 nitrogen and oxygen atoms in total. The van der Waals surface area contributed by atoms with Gasteiger partial charge in [-0.1, -0.05) is 48.5 Å². The summed E-state index contributed by atoms with van der Waals surface area (Å²) in [6.45, 7) is 4.55. The predicted molar refractivity (Wildman–Crippen MR) is 135 cm³/mol. The second-order valence-corrected chi connectivity index (χ2v) is 7.62. The van der Waals surface area contributed by atoms with Crippen LogP contribution in [0.3, 0.4) is 0 Å². The molecule has 0 aliphatic carbocycles. The lowest BCUT2D eigenvalue weighted by molar-refractivity contribution is -0.116. The molecule has 3 rings (SSSR count). The third-order valence-electron chi connectivity index (χ3n) is 5.44. The van der Waals surface area contributed by atoms with Crippen molar-refractivity contribution in [3.8, 4) is 0 Å². The number of halogens is 1. The maximum absolute atomic E-state index is 12.0. The normalized spacial score (nSPS) is 16.9. The zero-order valence-electron chi connectivity index (χ0n) is 17.9. The summed E-state index contributed by atoms with van der Waals surface area (Å²) < 4.78 is 0.